The number of imidazole rings is 1. The monoisotopic (exact) mass is 535 g/mol. The van der Waals surface area contributed by atoms with E-state index < -0.39 is 17.3 Å². The van der Waals surface area contributed by atoms with E-state index in [4.69, 9.17) is 14.5 Å². The summed E-state index contributed by atoms with van der Waals surface area (Å²) in [6.07, 6.45) is 4.14. The Bertz CT molecular complexity index is 1540. The van der Waals surface area contributed by atoms with E-state index in [9.17, 15) is 9.59 Å². The van der Waals surface area contributed by atoms with Gasteiger partial charge in [-0.2, -0.15) is 5.10 Å². The molecule has 4 aromatic rings. The molecule has 39 heavy (non-hydrogen) atoms. The molecule has 0 aliphatic carbocycles. The highest BCUT2D eigenvalue weighted by Crippen LogP contribution is 2.41. The van der Waals surface area contributed by atoms with Crippen molar-refractivity contribution < 1.29 is 23.5 Å². The van der Waals surface area contributed by atoms with Gasteiger partial charge in [-0.3, -0.25) is 9.59 Å². The fraction of sp³-hybridized carbons (Fsp3) is 0.448. The van der Waals surface area contributed by atoms with E-state index in [-0.39, 0.29) is 24.5 Å². The summed E-state index contributed by atoms with van der Waals surface area (Å²) in [7, 11) is 2.93. The molecule has 1 unspecified atom stereocenters. The molecule has 1 N–H and O–H groups in total. The number of aromatic nitrogens is 4. The van der Waals surface area contributed by atoms with Crippen LogP contribution in [0, 0.1) is 11.2 Å². The molecule has 1 amide bonds. The molecule has 0 radical (unpaired) electrons. The molecule has 1 aliphatic rings. The van der Waals surface area contributed by atoms with Gasteiger partial charge in [-0.1, -0.05) is 20.8 Å². The predicted octanol–water partition coefficient (Wildman–Crippen LogP) is 5.40. The number of fused-ring (bicyclic) bond motifs is 2. The van der Waals surface area contributed by atoms with Crippen molar-refractivity contribution in [3.63, 3.8) is 0 Å². The van der Waals surface area contributed by atoms with Crippen molar-refractivity contribution in [2.24, 2.45) is 5.41 Å². The first kappa shape index (κ1) is 26.8. The first-order chi connectivity index (χ1) is 18.6. The number of carbonyl (C=O) groups is 2. The van der Waals surface area contributed by atoms with E-state index in [1.54, 1.807) is 29.9 Å². The standard InChI is InChI=1S/C29H34FN5O4/c1-29(2,3)24(15-26(36)38-5)34-23-13-17(28(37)31-4)9-10-21(23)33-27(34)18-12-20(30)19-16-32-35(22(19)14-18)25-8-6-7-11-39-25/h9-10,12-14,16,24-25H,6-8,11,15H2,1-5H3,(H,31,37)/t24-,25?/m0/s1. The van der Waals surface area contributed by atoms with Crippen molar-refractivity contribution >= 4 is 33.8 Å². The minimum Gasteiger partial charge on any atom is -0.469 e. The molecular formula is C29H34FN5O4. The summed E-state index contributed by atoms with van der Waals surface area (Å²) in [6, 6.07) is 8.15. The Morgan fingerprint density at radius 1 is 1.21 bits per heavy atom. The minimum absolute atomic E-state index is 0.0707. The number of hydrogen-bond acceptors (Lipinski definition) is 6. The third-order valence-electron chi connectivity index (χ3n) is 7.43. The van der Waals surface area contributed by atoms with Crippen molar-refractivity contribution in [3.05, 3.63) is 47.9 Å². The maximum atomic E-state index is 15.6. The second kappa shape index (κ2) is 10.4. The molecule has 0 spiro atoms. The number of hydrogen-bond donors (Lipinski definition) is 1. The summed E-state index contributed by atoms with van der Waals surface area (Å²) in [5, 5.41) is 7.52. The zero-order chi connectivity index (χ0) is 27.9. The lowest BCUT2D eigenvalue weighted by Gasteiger charge is -2.33. The number of nitrogens with zero attached hydrogens (tertiary/aromatic N) is 4. The zero-order valence-electron chi connectivity index (χ0n) is 23.0. The molecule has 2 aromatic heterocycles. The molecule has 206 valence electrons. The fourth-order valence-electron chi connectivity index (χ4n) is 5.30. The lowest BCUT2D eigenvalue weighted by Crippen LogP contribution is -2.28. The molecular weight excluding hydrogens is 501 g/mol. The van der Waals surface area contributed by atoms with Gasteiger partial charge in [0.15, 0.2) is 6.23 Å². The van der Waals surface area contributed by atoms with Crippen molar-refractivity contribution in [2.75, 3.05) is 20.8 Å². The van der Waals surface area contributed by atoms with Gasteiger partial charge in [0.1, 0.15) is 11.6 Å². The van der Waals surface area contributed by atoms with Crippen LogP contribution in [0.3, 0.4) is 0 Å². The van der Waals surface area contributed by atoms with E-state index in [1.807, 2.05) is 31.4 Å². The normalized spacial score (nSPS) is 16.9. The van der Waals surface area contributed by atoms with Gasteiger partial charge in [0.2, 0.25) is 0 Å². The average molecular weight is 536 g/mol. The fourth-order valence-corrected chi connectivity index (χ4v) is 5.30. The van der Waals surface area contributed by atoms with Gasteiger partial charge in [0.05, 0.1) is 47.7 Å². The third-order valence-corrected chi connectivity index (χ3v) is 7.43. The Hall–Kier alpha value is -3.79. The first-order valence-corrected chi connectivity index (χ1v) is 13.2. The van der Waals surface area contributed by atoms with Crippen LogP contribution in [0.15, 0.2) is 36.5 Å². The summed E-state index contributed by atoms with van der Waals surface area (Å²) in [5.74, 6) is -0.551. The van der Waals surface area contributed by atoms with E-state index in [2.05, 4.69) is 10.4 Å². The van der Waals surface area contributed by atoms with Crippen LogP contribution >= 0.6 is 0 Å². The van der Waals surface area contributed by atoms with Gasteiger partial charge < -0.3 is 19.4 Å². The van der Waals surface area contributed by atoms with Crippen LogP contribution in [0.1, 0.15) is 69.1 Å². The Morgan fingerprint density at radius 3 is 2.67 bits per heavy atom. The molecule has 2 aromatic carbocycles. The predicted molar refractivity (Wildman–Crippen MR) is 146 cm³/mol. The number of amides is 1. The van der Waals surface area contributed by atoms with Crippen molar-refractivity contribution in [2.45, 2.75) is 58.7 Å². The summed E-state index contributed by atoms with van der Waals surface area (Å²) in [6.45, 7) is 6.71. The second-order valence-electron chi connectivity index (χ2n) is 11.1. The average Bonchev–Trinajstić information content (AvgIpc) is 3.52. The number of benzene rings is 2. The van der Waals surface area contributed by atoms with Gasteiger partial charge in [0.25, 0.3) is 5.91 Å². The van der Waals surface area contributed by atoms with E-state index in [0.717, 1.165) is 19.3 Å². The van der Waals surface area contributed by atoms with Crippen LogP contribution in [-0.2, 0) is 14.3 Å². The molecule has 9 nitrogen and oxygen atoms in total. The maximum absolute atomic E-state index is 15.6. The summed E-state index contributed by atoms with van der Waals surface area (Å²) >= 11 is 0. The van der Waals surface area contributed by atoms with Crippen LogP contribution in [0.2, 0.25) is 0 Å². The number of ether oxygens (including phenoxy) is 2. The summed E-state index contributed by atoms with van der Waals surface area (Å²) in [4.78, 5) is 30.0. The Balaban J connectivity index is 1.77. The summed E-state index contributed by atoms with van der Waals surface area (Å²) in [5.41, 5.74) is 2.48. The number of carbonyl (C=O) groups excluding carboxylic acids is 2. The number of rotatable bonds is 6. The molecule has 0 bridgehead atoms. The van der Waals surface area contributed by atoms with E-state index in [1.165, 1.54) is 19.4 Å². The van der Waals surface area contributed by atoms with Crippen LogP contribution in [0.4, 0.5) is 4.39 Å². The molecule has 0 saturated carbocycles. The van der Waals surface area contributed by atoms with Gasteiger partial charge in [-0.25, -0.2) is 14.1 Å². The highest BCUT2D eigenvalue weighted by atomic mass is 19.1. The van der Waals surface area contributed by atoms with Crippen molar-refractivity contribution in [1.29, 1.82) is 0 Å². The highest BCUT2D eigenvalue weighted by molar-refractivity contribution is 5.98. The lowest BCUT2D eigenvalue weighted by molar-refractivity contribution is -0.142. The van der Waals surface area contributed by atoms with Crippen LogP contribution in [0.25, 0.3) is 33.3 Å². The Kier molecular flexibility index (Phi) is 7.15. The second-order valence-corrected chi connectivity index (χ2v) is 11.1. The molecule has 1 saturated heterocycles. The van der Waals surface area contributed by atoms with Gasteiger partial charge in [0, 0.05) is 24.8 Å². The number of halogens is 1. The van der Waals surface area contributed by atoms with Crippen LogP contribution in [-0.4, -0.2) is 52.0 Å². The smallest absolute Gasteiger partial charge is 0.307 e. The lowest BCUT2D eigenvalue weighted by atomic mass is 9.84. The van der Waals surface area contributed by atoms with Gasteiger partial charge >= 0.3 is 5.97 Å². The Labute approximate surface area is 226 Å². The molecule has 1 fully saturated rings. The molecule has 3 heterocycles. The quantitative estimate of drug-likeness (QED) is 0.332. The SMILES string of the molecule is CNC(=O)c1ccc2nc(-c3cc(F)c4cnn(C5CCCCO5)c4c3)n([C@@H](CC(=O)OC)C(C)(C)C)c2c1. The van der Waals surface area contributed by atoms with Crippen molar-refractivity contribution in [1.82, 2.24) is 24.6 Å². The minimum atomic E-state index is -0.422. The molecule has 5 rings (SSSR count). The highest BCUT2D eigenvalue weighted by Gasteiger charge is 2.33. The van der Waals surface area contributed by atoms with Crippen molar-refractivity contribution in [3.8, 4) is 11.4 Å². The largest absolute Gasteiger partial charge is 0.469 e. The molecule has 10 heteroatoms. The maximum Gasteiger partial charge on any atom is 0.307 e. The van der Waals surface area contributed by atoms with Gasteiger partial charge in [-0.15, -0.1) is 0 Å². The molecule has 1 aliphatic heterocycles. The van der Waals surface area contributed by atoms with E-state index >= 15 is 4.39 Å². The van der Waals surface area contributed by atoms with Gasteiger partial charge in [-0.05, 0) is 55.0 Å². The Morgan fingerprint density at radius 2 is 2.00 bits per heavy atom. The molecule has 2 atom stereocenters. The number of methoxy groups -OCH3 is 1. The first-order valence-electron chi connectivity index (χ1n) is 13.2. The summed E-state index contributed by atoms with van der Waals surface area (Å²) < 4.78 is 30.2. The van der Waals surface area contributed by atoms with Crippen LogP contribution in [0.5, 0.6) is 0 Å². The number of esters is 1. The van der Waals surface area contributed by atoms with Crippen LogP contribution < -0.4 is 5.32 Å². The van der Waals surface area contributed by atoms with E-state index in [0.29, 0.717) is 45.5 Å². The topological polar surface area (TPSA) is 100 Å². The number of nitrogens with one attached hydrogen (secondary N) is 1. The third kappa shape index (κ3) is 5.01. The zero-order valence-corrected chi connectivity index (χ0v) is 23.0.